The van der Waals surface area contributed by atoms with Gasteiger partial charge >= 0.3 is 11.7 Å². The van der Waals surface area contributed by atoms with Crippen molar-refractivity contribution in [1.29, 1.82) is 0 Å². The van der Waals surface area contributed by atoms with Gasteiger partial charge in [0, 0.05) is 11.6 Å². The molecule has 0 saturated heterocycles. The summed E-state index contributed by atoms with van der Waals surface area (Å²) in [5.74, 6) is 3.55. The third-order valence-electron chi connectivity index (χ3n) is 1.84. The molecule has 0 N–H and O–H groups in total. The molecule has 0 heterocycles. The monoisotopic (exact) mass is 237 g/mol. The molecule has 0 aromatic heterocycles. The van der Waals surface area contributed by atoms with Gasteiger partial charge in [-0.1, -0.05) is 11.8 Å². The van der Waals surface area contributed by atoms with Crippen LogP contribution in [0.5, 0.6) is 0 Å². The molecule has 1 rings (SSSR count). The summed E-state index contributed by atoms with van der Waals surface area (Å²) in [6, 6.07) is 3.27. The molecular weight excluding hydrogens is 229 g/mol. The van der Waals surface area contributed by atoms with Crippen molar-refractivity contribution < 1.29 is 18.8 Å². The Balaban J connectivity index is 2.89. The molecule has 0 bridgehead atoms. The number of rotatable bonds is 2. The van der Waals surface area contributed by atoms with Gasteiger partial charge in [0.1, 0.15) is 6.42 Å². The van der Waals surface area contributed by atoms with Gasteiger partial charge in [0.05, 0.1) is 12.0 Å². The first kappa shape index (κ1) is 12.6. The van der Waals surface area contributed by atoms with E-state index in [2.05, 4.69) is 16.6 Å². The molecule has 6 heteroatoms. The topological polar surface area (TPSA) is 69.4 Å². The molecule has 0 fully saturated rings. The van der Waals surface area contributed by atoms with Gasteiger partial charge in [-0.05, 0) is 12.1 Å². The Labute approximate surface area is 96.3 Å². The highest BCUT2D eigenvalue weighted by molar-refractivity contribution is 5.72. The first-order chi connectivity index (χ1) is 8.04. The Morgan fingerprint density at radius 3 is 2.88 bits per heavy atom. The predicted molar refractivity (Wildman–Crippen MR) is 56.6 cm³/mol. The van der Waals surface area contributed by atoms with Crippen LogP contribution in [0.2, 0.25) is 0 Å². The fraction of sp³-hybridized carbons (Fsp3) is 0.182. The Morgan fingerprint density at radius 2 is 2.29 bits per heavy atom. The summed E-state index contributed by atoms with van der Waals surface area (Å²) in [5.41, 5.74) is -0.378. The quantitative estimate of drug-likeness (QED) is 0.339. The summed E-state index contributed by atoms with van der Waals surface area (Å²) in [6.45, 7) is 0. The van der Waals surface area contributed by atoms with Crippen LogP contribution in [0.3, 0.4) is 0 Å². The number of hydrogen-bond acceptors (Lipinski definition) is 4. The fourth-order valence-corrected chi connectivity index (χ4v) is 1.02. The summed E-state index contributed by atoms with van der Waals surface area (Å²) in [5, 5.41) is 10.4. The van der Waals surface area contributed by atoms with E-state index in [0.717, 1.165) is 12.1 Å². The molecule has 17 heavy (non-hydrogen) atoms. The largest absolute Gasteiger partial charge is 0.468 e. The third kappa shape index (κ3) is 3.57. The lowest BCUT2D eigenvalue weighted by molar-refractivity contribution is -0.387. The van der Waals surface area contributed by atoms with Crippen LogP contribution >= 0.6 is 0 Å². The van der Waals surface area contributed by atoms with Gasteiger partial charge < -0.3 is 4.74 Å². The van der Waals surface area contributed by atoms with Crippen LogP contribution in [0.4, 0.5) is 10.1 Å². The summed E-state index contributed by atoms with van der Waals surface area (Å²) < 4.78 is 17.3. The lowest BCUT2D eigenvalue weighted by atomic mass is 10.2. The summed E-state index contributed by atoms with van der Waals surface area (Å²) >= 11 is 0. The number of hydrogen-bond donors (Lipinski definition) is 0. The second-order valence-electron chi connectivity index (χ2n) is 2.98. The van der Waals surface area contributed by atoms with Crippen molar-refractivity contribution in [3.63, 3.8) is 0 Å². The van der Waals surface area contributed by atoms with E-state index in [-0.39, 0.29) is 12.0 Å². The maximum Gasteiger partial charge on any atom is 0.317 e. The lowest BCUT2D eigenvalue weighted by Gasteiger charge is -1.94. The minimum Gasteiger partial charge on any atom is -0.468 e. The van der Waals surface area contributed by atoms with Crippen molar-refractivity contribution in [3.05, 3.63) is 39.7 Å². The summed E-state index contributed by atoms with van der Waals surface area (Å²) in [6.07, 6.45) is -0.123. The predicted octanol–water partition coefficient (Wildman–Crippen LogP) is 1.65. The molecule has 0 unspecified atom stereocenters. The summed E-state index contributed by atoms with van der Waals surface area (Å²) in [4.78, 5) is 20.4. The maximum absolute atomic E-state index is 13.0. The van der Waals surface area contributed by atoms with Crippen molar-refractivity contribution >= 4 is 11.7 Å². The van der Waals surface area contributed by atoms with Crippen molar-refractivity contribution in [2.75, 3.05) is 7.11 Å². The molecular formula is C11H8FNO4. The minimum absolute atomic E-state index is 0.123. The molecule has 0 amide bonds. The molecule has 0 atom stereocenters. The van der Waals surface area contributed by atoms with E-state index in [1.165, 1.54) is 13.2 Å². The zero-order chi connectivity index (χ0) is 12.8. The zero-order valence-corrected chi connectivity index (χ0v) is 8.90. The van der Waals surface area contributed by atoms with E-state index in [0.29, 0.717) is 0 Å². The van der Waals surface area contributed by atoms with Crippen molar-refractivity contribution in [2.24, 2.45) is 0 Å². The SMILES string of the molecule is COC(=O)CC#Cc1ccc(F)c([N+](=O)[O-])c1. The first-order valence-corrected chi connectivity index (χ1v) is 4.54. The van der Waals surface area contributed by atoms with Crippen molar-refractivity contribution in [3.8, 4) is 11.8 Å². The van der Waals surface area contributed by atoms with Gasteiger partial charge in [-0.15, -0.1) is 0 Å². The number of nitro benzene ring substituents is 1. The van der Waals surface area contributed by atoms with Crippen molar-refractivity contribution in [1.82, 2.24) is 0 Å². The smallest absolute Gasteiger partial charge is 0.317 e. The van der Waals surface area contributed by atoms with Gasteiger partial charge in [-0.2, -0.15) is 4.39 Å². The molecule has 1 aromatic rings. The van der Waals surface area contributed by atoms with Crippen LogP contribution in [-0.4, -0.2) is 18.0 Å². The van der Waals surface area contributed by atoms with E-state index >= 15 is 0 Å². The number of nitro groups is 1. The van der Waals surface area contributed by atoms with E-state index < -0.39 is 22.4 Å². The van der Waals surface area contributed by atoms with Crippen LogP contribution in [0.1, 0.15) is 12.0 Å². The number of carbonyl (C=O) groups is 1. The zero-order valence-electron chi connectivity index (χ0n) is 8.90. The van der Waals surface area contributed by atoms with Crippen LogP contribution in [0.15, 0.2) is 18.2 Å². The number of esters is 1. The number of benzene rings is 1. The summed E-state index contributed by atoms with van der Waals surface area (Å²) in [7, 11) is 1.23. The number of carbonyl (C=O) groups excluding carboxylic acids is 1. The van der Waals surface area contributed by atoms with E-state index in [9.17, 15) is 19.3 Å². The Bertz CT molecular complexity index is 516. The molecule has 5 nitrogen and oxygen atoms in total. The molecule has 0 saturated carbocycles. The van der Waals surface area contributed by atoms with Gasteiger partial charge in [-0.3, -0.25) is 14.9 Å². The van der Waals surface area contributed by atoms with E-state index in [1.807, 2.05) is 0 Å². The van der Waals surface area contributed by atoms with Crippen LogP contribution in [-0.2, 0) is 9.53 Å². The Morgan fingerprint density at radius 1 is 1.59 bits per heavy atom. The van der Waals surface area contributed by atoms with E-state index in [1.54, 1.807) is 0 Å². The highest BCUT2D eigenvalue weighted by atomic mass is 19.1. The molecule has 0 aliphatic carbocycles. The first-order valence-electron chi connectivity index (χ1n) is 4.54. The molecule has 0 aliphatic rings. The van der Waals surface area contributed by atoms with Gasteiger partial charge in [-0.25, -0.2) is 0 Å². The lowest BCUT2D eigenvalue weighted by Crippen LogP contribution is -1.97. The number of halogens is 1. The highest BCUT2D eigenvalue weighted by Gasteiger charge is 2.13. The second-order valence-corrected chi connectivity index (χ2v) is 2.98. The minimum atomic E-state index is -0.923. The molecule has 88 valence electrons. The molecule has 1 aromatic carbocycles. The van der Waals surface area contributed by atoms with Gasteiger partial charge in [0.2, 0.25) is 5.82 Å². The Hall–Kier alpha value is -2.42. The van der Waals surface area contributed by atoms with Crippen molar-refractivity contribution in [2.45, 2.75) is 6.42 Å². The third-order valence-corrected chi connectivity index (χ3v) is 1.84. The van der Waals surface area contributed by atoms with Crippen LogP contribution in [0, 0.1) is 27.8 Å². The normalized spacial score (nSPS) is 9.06. The molecule has 0 aliphatic heterocycles. The van der Waals surface area contributed by atoms with Crippen LogP contribution in [0.25, 0.3) is 0 Å². The fourth-order valence-electron chi connectivity index (χ4n) is 1.02. The average Bonchev–Trinajstić information content (AvgIpc) is 2.30. The standard InChI is InChI=1S/C11H8FNO4/c1-17-11(14)4-2-3-8-5-6-9(12)10(7-8)13(15)16/h5-7H,4H2,1H3. The number of ether oxygens (including phenoxy) is 1. The maximum atomic E-state index is 13.0. The number of nitrogens with zero attached hydrogens (tertiary/aromatic N) is 1. The number of methoxy groups -OCH3 is 1. The second kappa shape index (κ2) is 5.61. The van der Waals surface area contributed by atoms with E-state index in [4.69, 9.17) is 0 Å². The van der Waals surface area contributed by atoms with Crippen LogP contribution < -0.4 is 0 Å². The molecule has 0 spiro atoms. The average molecular weight is 237 g/mol. The van der Waals surface area contributed by atoms with Gasteiger partial charge in [0.25, 0.3) is 0 Å². The highest BCUT2D eigenvalue weighted by Crippen LogP contribution is 2.17. The van der Waals surface area contributed by atoms with Gasteiger partial charge in [0.15, 0.2) is 0 Å². The molecule has 0 radical (unpaired) electrons. The Kier molecular flexibility index (Phi) is 4.17.